The molecule has 4 aromatic rings. The lowest BCUT2D eigenvalue weighted by molar-refractivity contribution is -0.116. The van der Waals surface area contributed by atoms with Crippen molar-refractivity contribution in [3.63, 3.8) is 0 Å². The molecule has 1 amide bonds. The SMILES string of the molecule is CCc1ccccc1-n1c(C)cc([C@@H]2[C@H](c3ccccn3)NC(=S)N2CCC(=O)Nc2ccccc2F)c1C. The number of para-hydroxylation sites is 2. The molecule has 2 N–H and O–H groups in total. The van der Waals surface area contributed by atoms with E-state index in [0.717, 1.165) is 29.1 Å². The largest absolute Gasteiger partial charge is 0.352 e. The van der Waals surface area contributed by atoms with Crippen LogP contribution in [0.5, 0.6) is 0 Å². The highest BCUT2D eigenvalue weighted by Gasteiger charge is 2.41. The maximum Gasteiger partial charge on any atom is 0.226 e. The summed E-state index contributed by atoms with van der Waals surface area (Å²) in [5.41, 5.74) is 6.85. The summed E-state index contributed by atoms with van der Waals surface area (Å²) in [6.45, 7) is 6.79. The van der Waals surface area contributed by atoms with E-state index >= 15 is 0 Å². The summed E-state index contributed by atoms with van der Waals surface area (Å²) in [6.07, 6.45) is 2.86. The predicted octanol–water partition coefficient (Wildman–Crippen LogP) is 6.19. The van der Waals surface area contributed by atoms with Gasteiger partial charge < -0.3 is 20.1 Å². The molecule has 6 nitrogen and oxygen atoms in total. The molecule has 1 fully saturated rings. The second kappa shape index (κ2) is 11.4. The van der Waals surface area contributed by atoms with E-state index in [-0.39, 0.29) is 30.1 Å². The summed E-state index contributed by atoms with van der Waals surface area (Å²) in [5.74, 6) is -0.734. The first-order valence-electron chi connectivity index (χ1n) is 13.2. The van der Waals surface area contributed by atoms with Crippen LogP contribution in [0.15, 0.2) is 79.0 Å². The van der Waals surface area contributed by atoms with Gasteiger partial charge in [-0.2, -0.15) is 0 Å². The second-order valence-electron chi connectivity index (χ2n) is 9.74. The van der Waals surface area contributed by atoms with E-state index in [2.05, 4.69) is 76.2 Å². The number of amides is 1. The van der Waals surface area contributed by atoms with E-state index in [1.165, 1.54) is 17.3 Å². The lowest BCUT2D eigenvalue weighted by atomic mass is 9.96. The lowest BCUT2D eigenvalue weighted by Gasteiger charge is -2.28. The fraction of sp³-hybridized carbons (Fsp3) is 0.258. The number of pyridine rings is 1. The van der Waals surface area contributed by atoms with Gasteiger partial charge in [-0.15, -0.1) is 0 Å². The van der Waals surface area contributed by atoms with Crippen molar-refractivity contribution >= 4 is 28.9 Å². The van der Waals surface area contributed by atoms with Crippen molar-refractivity contribution in [2.45, 2.75) is 45.7 Å². The van der Waals surface area contributed by atoms with Gasteiger partial charge in [0, 0.05) is 36.2 Å². The molecule has 2 atom stereocenters. The van der Waals surface area contributed by atoms with E-state index in [0.29, 0.717) is 11.7 Å². The van der Waals surface area contributed by atoms with Gasteiger partial charge in [-0.05, 0) is 80.0 Å². The topological polar surface area (TPSA) is 62.2 Å². The van der Waals surface area contributed by atoms with Gasteiger partial charge in [0.2, 0.25) is 5.91 Å². The summed E-state index contributed by atoms with van der Waals surface area (Å²) in [6, 6.07) is 22.3. The molecule has 2 aromatic heterocycles. The molecule has 1 aliphatic rings. The van der Waals surface area contributed by atoms with Gasteiger partial charge >= 0.3 is 0 Å². The number of hydrogen-bond acceptors (Lipinski definition) is 3. The van der Waals surface area contributed by atoms with Crippen LogP contribution >= 0.6 is 12.2 Å². The Hall–Kier alpha value is -4.04. The van der Waals surface area contributed by atoms with Gasteiger partial charge in [-0.25, -0.2) is 4.39 Å². The first kappa shape index (κ1) is 26.6. The van der Waals surface area contributed by atoms with Crippen LogP contribution < -0.4 is 10.6 Å². The van der Waals surface area contributed by atoms with Crippen LogP contribution in [0.25, 0.3) is 5.69 Å². The normalized spacial score (nSPS) is 16.8. The first-order valence-corrected chi connectivity index (χ1v) is 13.6. The van der Waals surface area contributed by atoms with Crippen LogP contribution in [0.1, 0.15) is 53.6 Å². The van der Waals surface area contributed by atoms with Crippen molar-refractivity contribution in [2.75, 3.05) is 11.9 Å². The van der Waals surface area contributed by atoms with Crippen molar-refractivity contribution in [1.82, 2.24) is 19.8 Å². The molecule has 39 heavy (non-hydrogen) atoms. The molecule has 1 aliphatic heterocycles. The standard InChI is InChI=1S/C31H32FN5OS/c1-4-22-11-5-8-15-27(22)37-20(2)19-23(21(37)3)30-29(26-14-9-10-17-33-26)35-31(39)36(30)18-16-28(38)34-25-13-7-6-12-24(25)32/h5-15,17,19,29-30H,4,16,18H2,1-3H3,(H,34,38)(H,35,39)/t29-,30+/m0/s1. The second-order valence-corrected chi connectivity index (χ2v) is 10.1. The van der Waals surface area contributed by atoms with Gasteiger partial charge in [0.1, 0.15) is 5.82 Å². The van der Waals surface area contributed by atoms with E-state index in [1.807, 2.05) is 18.2 Å². The molecule has 2 aromatic carbocycles. The molecular formula is C31H32FN5OS. The molecule has 8 heteroatoms. The van der Waals surface area contributed by atoms with Crippen LogP contribution in [0.3, 0.4) is 0 Å². The van der Waals surface area contributed by atoms with E-state index in [1.54, 1.807) is 24.4 Å². The zero-order valence-electron chi connectivity index (χ0n) is 22.3. The number of nitrogens with zero attached hydrogens (tertiary/aromatic N) is 3. The van der Waals surface area contributed by atoms with Gasteiger partial charge in [-0.1, -0.05) is 43.3 Å². The summed E-state index contributed by atoms with van der Waals surface area (Å²) < 4.78 is 16.4. The molecule has 5 rings (SSSR count). The Morgan fingerprint density at radius 2 is 1.82 bits per heavy atom. The Morgan fingerprint density at radius 3 is 2.56 bits per heavy atom. The minimum Gasteiger partial charge on any atom is -0.352 e. The van der Waals surface area contributed by atoms with Crippen molar-refractivity contribution in [1.29, 1.82) is 0 Å². The zero-order valence-corrected chi connectivity index (χ0v) is 23.1. The predicted molar refractivity (Wildman–Crippen MR) is 156 cm³/mol. The average molecular weight is 542 g/mol. The highest BCUT2D eigenvalue weighted by Crippen LogP contribution is 2.41. The smallest absolute Gasteiger partial charge is 0.226 e. The maximum atomic E-state index is 14.1. The van der Waals surface area contributed by atoms with Crippen LogP contribution in [-0.4, -0.2) is 32.0 Å². The van der Waals surface area contributed by atoms with Crippen LogP contribution in [-0.2, 0) is 11.2 Å². The van der Waals surface area contributed by atoms with Crippen LogP contribution in [0, 0.1) is 19.7 Å². The summed E-state index contributed by atoms with van der Waals surface area (Å²) >= 11 is 5.80. The summed E-state index contributed by atoms with van der Waals surface area (Å²) in [4.78, 5) is 19.5. The van der Waals surface area contributed by atoms with Crippen LogP contribution in [0.2, 0.25) is 0 Å². The molecule has 0 saturated carbocycles. The summed E-state index contributed by atoms with van der Waals surface area (Å²) in [5, 5.41) is 6.71. The summed E-state index contributed by atoms with van der Waals surface area (Å²) in [7, 11) is 0. The van der Waals surface area contributed by atoms with Gasteiger partial charge in [-0.3, -0.25) is 9.78 Å². The number of aryl methyl sites for hydroxylation is 2. The molecule has 1 saturated heterocycles. The van der Waals surface area contributed by atoms with Crippen molar-refractivity contribution < 1.29 is 9.18 Å². The number of thiocarbonyl (C=S) groups is 1. The minimum atomic E-state index is -0.461. The average Bonchev–Trinajstić information content (AvgIpc) is 3.43. The van der Waals surface area contributed by atoms with Crippen molar-refractivity contribution in [3.05, 3.63) is 113 Å². The monoisotopic (exact) mass is 541 g/mol. The molecule has 200 valence electrons. The number of nitrogens with one attached hydrogen (secondary N) is 2. The fourth-order valence-electron chi connectivity index (χ4n) is 5.47. The first-order chi connectivity index (χ1) is 18.9. The lowest BCUT2D eigenvalue weighted by Crippen LogP contribution is -2.33. The Kier molecular flexibility index (Phi) is 7.74. The number of halogens is 1. The zero-order chi connectivity index (χ0) is 27.5. The Balaban J connectivity index is 1.49. The molecule has 0 aliphatic carbocycles. The van der Waals surface area contributed by atoms with E-state index < -0.39 is 5.82 Å². The Bertz CT molecular complexity index is 1500. The number of benzene rings is 2. The number of rotatable bonds is 8. The number of carbonyl (C=O) groups is 1. The molecule has 3 heterocycles. The van der Waals surface area contributed by atoms with Gasteiger partial charge in [0.15, 0.2) is 5.11 Å². The quantitative estimate of drug-likeness (QED) is 0.261. The number of carbonyl (C=O) groups excluding carboxylic acids is 1. The third-order valence-electron chi connectivity index (χ3n) is 7.33. The number of anilines is 1. The number of aromatic nitrogens is 2. The highest BCUT2D eigenvalue weighted by atomic mass is 32.1. The Labute approximate surface area is 233 Å². The molecule has 0 radical (unpaired) electrons. The molecule has 0 spiro atoms. The molecule has 0 unspecified atom stereocenters. The van der Waals surface area contributed by atoms with Crippen molar-refractivity contribution in [3.8, 4) is 5.69 Å². The third kappa shape index (κ3) is 5.29. The van der Waals surface area contributed by atoms with E-state index in [4.69, 9.17) is 12.2 Å². The molecule has 0 bridgehead atoms. The van der Waals surface area contributed by atoms with Crippen molar-refractivity contribution in [2.24, 2.45) is 0 Å². The maximum absolute atomic E-state index is 14.1. The fourth-order valence-corrected chi connectivity index (χ4v) is 5.80. The van der Waals surface area contributed by atoms with Gasteiger partial charge in [0.25, 0.3) is 0 Å². The van der Waals surface area contributed by atoms with Crippen LogP contribution in [0.4, 0.5) is 10.1 Å². The Morgan fingerprint density at radius 1 is 1.08 bits per heavy atom. The van der Waals surface area contributed by atoms with E-state index in [9.17, 15) is 9.18 Å². The highest BCUT2D eigenvalue weighted by molar-refractivity contribution is 7.80. The third-order valence-corrected chi connectivity index (χ3v) is 7.68. The number of hydrogen-bond donors (Lipinski definition) is 2. The minimum absolute atomic E-state index is 0.152. The van der Waals surface area contributed by atoms with Gasteiger partial charge in [0.05, 0.1) is 23.5 Å². The molecular weight excluding hydrogens is 509 g/mol.